The van der Waals surface area contributed by atoms with Crippen molar-refractivity contribution in [3.63, 3.8) is 0 Å². The van der Waals surface area contributed by atoms with E-state index in [0.717, 1.165) is 5.01 Å². The summed E-state index contributed by atoms with van der Waals surface area (Å²) in [5, 5.41) is 3.90. The van der Waals surface area contributed by atoms with Gasteiger partial charge >= 0.3 is 6.18 Å². The molecule has 0 aliphatic heterocycles. The van der Waals surface area contributed by atoms with Crippen molar-refractivity contribution in [2.45, 2.75) is 20.0 Å². The molecule has 0 aromatic carbocycles. The molecule has 0 aromatic rings. The largest absolute Gasteiger partial charge is 0.432 e. The van der Waals surface area contributed by atoms with Crippen molar-refractivity contribution in [1.82, 2.24) is 5.01 Å². The summed E-state index contributed by atoms with van der Waals surface area (Å²) >= 11 is 0. The number of hydrogen-bond acceptors (Lipinski definition) is 2. The topological polar surface area (TPSA) is 15.6 Å². The minimum atomic E-state index is -4.37. The van der Waals surface area contributed by atoms with Crippen LogP contribution in [0.5, 0.6) is 0 Å². The number of hydrazone groups is 1. The van der Waals surface area contributed by atoms with Gasteiger partial charge in [-0.05, 0) is 19.4 Å². The highest BCUT2D eigenvalue weighted by Crippen LogP contribution is 2.30. The quantitative estimate of drug-likeness (QED) is 0.470. The molecule has 0 saturated carbocycles. The van der Waals surface area contributed by atoms with Crippen LogP contribution in [0.1, 0.15) is 13.8 Å². The lowest BCUT2D eigenvalue weighted by Gasteiger charge is -2.20. The third-order valence-electron chi connectivity index (χ3n) is 1.28. The minimum absolute atomic E-state index is 0.164. The van der Waals surface area contributed by atoms with Crippen molar-refractivity contribution in [1.29, 1.82) is 0 Å². The summed E-state index contributed by atoms with van der Waals surface area (Å²) in [6, 6.07) is 0. The molecule has 0 N–H and O–H groups in total. The number of halogens is 3. The van der Waals surface area contributed by atoms with Gasteiger partial charge < -0.3 is 0 Å². The average Bonchev–Trinajstić information content (AvgIpc) is 1.83. The molecule has 0 heterocycles. The Morgan fingerprint density at radius 1 is 1.33 bits per heavy atom. The van der Waals surface area contributed by atoms with E-state index in [2.05, 4.69) is 11.8 Å². The monoisotopic (exact) mass is 180 g/mol. The molecule has 0 aromatic heterocycles. The van der Waals surface area contributed by atoms with Crippen LogP contribution in [0.25, 0.3) is 0 Å². The van der Waals surface area contributed by atoms with Crippen LogP contribution in [-0.2, 0) is 0 Å². The summed E-state index contributed by atoms with van der Waals surface area (Å²) in [5.41, 5.74) is -0.602. The molecule has 5 heteroatoms. The number of nitrogens with zero attached hydrogens (tertiary/aromatic N) is 2. The first-order valence-electron chi connectivity index (χ1n) is 3.25. The van der Waals surface area contributed by atoms with Gasteiger partial charge in [0.2, 0.25) is 0 Å². The van der Waals surface area contributed by atoms with E-state index in [-0.39, 0.29) is 5.57 Å². The molecule has 0 radical (unpaired) electrons. The average molecular weight is 180 g/mol. The lowest BCUT2D eigenvalue weighted by Crippen LogP contribution is -2.25. The zero-order valence-corrected chi connectivity index (χ0v) is 7.24. The Morgan fingerprint density at radius 3 is 1.83 bits per heavy atom. The molecule has 0 fully saturated rings. The zero-order chi connectivity index (χ0) is 9.94. The fourth-order valence-corrected chi connectivity index (χ4v) is 0.861. The lowest BCUT2D eigenvalue weighted by atomic mass is 10.2. The van der Waals surface area contributed by atoms with Gasteiger partial charge in [-0.25, -0.2) is 0 Å². The first-order chi connectivity index (χ1) is 5.30. The lowest BCUT2D eigenvalue weighted by molar-refractivity contribution is -0.110. The summed E-state index contributed by atoms with van der Waals surface area (Å²) in [6.45, 7) is 5.78. The minimum Gasteiger partial charge on any atom is -0.264 e. The van der Waals surface area contributed by atoms with E-state index >= 15 is 0 Å². The molecule has 0 rings (SSSR count). The Labute approximate surface area is 69.4 Å². The molecule has 0 unspecified atom stereocenters. The third-order valence-corrected chi connectivity index (χ3v) is 1.28. The van der Waals surface area contributed by atoms with Crippen LogP contribution in [0.2, 0.25) is 0 Å². The SMILES string of the molecule is C=NN(C)C(=C(C)C)C(F)(F)F. The fraction of sp³-hybridized carbons (Fsp3) is 0.571. The Kier molecular flexibility index (Phi) is 3.30. The second-order valence-electron chi connectivity index (χ2n) is 2.51. The number of allylic oxidation sites excluding steroid dienone is 2. The van der Waals surface area contributed by atoms with Gasteiger partial charge in [-0.3, -0.25) is 5.01 Å². The van der Waals surface area contributed by atoms with Gasteiger partial charge in [0, 0.05) is 13.8 Å². The number of hydrogen-bond donors (Lipinski definition) is 0. The van der Waals surface area contributed by atoms with Gasteiger partial charge in [0.15, 0.2) is 0 Å². The molecule has 70 valence electrons. The van der Waals surface area contributed by atoms with Crippen LogP contribution in [0.4, 0.5) is 13.2 Å². The van der Waals surface area contributed by atoms with Gasteiger partial charge in [-0.1, -0.05) is 0 Å². The molecule has 2 nitrogen and oxygen atoms in total. The summed E-state index contributed by atoms with van der Waals surface area (Å²) in [6.07, 6.45) is -4.37. The standard InChI is InChI=1S/C7H11F3N2/c1-5(2)6(7(8,9)10)12(4)11-3/h3H2,1-2,4H3. The predicted molar refractivity (Wildman–Crippen MR) is 41.7 cm³/mol. The summed E-state index contributed by atoms with van der Waals surface area (Å²) < 4.78 is 36.7. The predicted octanol–water partition coefficient (Wildman–Crippen LogP) is 2.39. The van der Waals surface area contributed by atoms with Crippen molar-refractivity contribution in [3.05, 3.63) is 11.3 Å². The molecule has 0 atom stereocenters. The van der Waals surface area contributed by atoms with Crippen LogP contribution >= 0.6 is 0 Å². The van der Waals surface area contributed by atoms with E-state index in [1.54, 1.807) is 0 Å². The van der Waals surface area contributed by atoms with E-state index in [0.29, 0.717) is 0 Å². The molecule has 0 bridgehead atoms. The van der Waals surface area contributed by atoms with Crippen molar-refractivity contribution >= 4 is 6.72 Å². The van der Waals surface area contributed by atoms with Gasteiger partial charge in [0.25, 0.3) is 0 Å². The van der Waals surface area contributed by atoms with Crippen molar-refractivity contribution in [3.8, 4) is 0 Å². The molecule has 0 aliphatic carbocycles. The zero-order valence-electron chi connectivity index (χ0n) is 7.24. The van der Waals surface area contributed by atoms with Crippen molar-refractivity contribution in [2.24, 2.45) is 5.10 Å². The van der Waals surface area contributed by atoms with Gasteiger partial charge in [-0.2, -0.15) is 18.3 Å². The van der Waals surface area contributed by atoms with Crippen LogP contribution < -0.4 is 0 Å². The molecule has 12 heavy (non-hydrogen) atoms. The summed E-state index contributed by atoms with van der Waals surface area (Å²) in [5.74, 6) is 0. The van der Waals surface area contributed by atoms with E-state index in [4.69, 9.17) is 0 Å². The molecule has 0 spiro atoms. The van der Waals surface area contributed by atoms with Gasteiger partial charge in [0.1, 0.15) is 5.70 Å². The highest BCUT2D eigenvalue weighted by Gasteiger charge is 2.37. The highest BCUT2D eigenvalue weighted by atomic mass is 19.4. The van der Waals surface area contributed by atoms with Crippen LogP contribution in [0.15, 0.2) is 16.4 Å². The van der Waals surface area contributed by atoms with Crippen molar-refractivity contribution < 1.29 is 13.2 Å². The maximum absolute atomic E-state index is 12.2. The Balaban J connectivity index is 4.96. The molecular formula is C7H11F3N2. The van der Waals surface area contributed by atoms with Crippen LogP contribution in [-0.4, -0.2) is 25.0 Å². The Hall–Kier alpha value is -1.00. The number of rotatable bonds is 2. The first-order valence-corrected chi connectivity index (χ1v) is 3.25. The number of alkyl halides is 3. The maximum Gasteiger partial charge on any atom is 0.432 e. The van der Waals surface area contributed by atoms with E-state index < -0.39 is 11.9 Å². The third kappa shape index (κ3) is 2.56. The normalized spacial score (nSPS) is 10.8. The fourth-order valence-electron chi connectivity index (χ4n) is 0.861. The first kappa shape index (κ1) is 11.0. The Bertz CT molecular complexity index is 201. The second-order valence-corrected chi connectivity index (χ2v) is 2.51. The molecule has 0 saturated heterocycles. The van der Waals surface area contributed by atoms with E-state index in [1.165, 1.54) is 20.9 Å². The van der Waals surface area contributed by atoms with E-state index in [1.807, 2.05) is 0 Å². The van der Waals surface area contributed by atoms with E-state index in [9.17, 15) is 13.2 Å². The summed E-state index contributed by atoms with van der Waals surface area (Å²) in [4.78, 5) is 0. The van der Waals surface area contributed by atoms with Gasteiger partial charge in [0.05, 0.1) is 0 Å². The molecule has 0 amide bonds. The second kappa shape index (κ2) is 3.60. The summed E-state index contributed by atoms with van der Waals surface area (Å²) in [7, 11) is 1.21. The highest BCUT2D eigenvalue weighted by molar-refractivity contribution is 5.24. The van der Waals surface area contributed by atoms with Crippen LogP contribution in [0.3, 0.4) is 0 Å². The smallest absolute Gasteiger partial charge is 0.264 e. The van der Waals surface area contributed by atoms with Crippen LogP contribution in [0, 0.1) is 0 Å². The Morgan fingerprint density at radius 2 is 1.75 bits per heavy atom. The molecular weight excluding hydrogens is 169 g/mol. The van der Waals surface area contributed by atoms with Crippen molar-refractivity contribution in [2.75, 3.05) is 7.05 Å². The maximum atomic E-state index is 12.2. The molecule has 0 aliphatic rings. The van der Waals surface area contributed by atoms with Gasteiger partial charge in [-0.15, -0.1) is 0 Å².